The van der Waals surface area contributed by atoms with Gasteiger partial charge in [0.25, 0.3) is 5.91 Å². The fourth-order valence-electron chi connectivity index (χ4n) is 5.32. The summed E-state index contributed by atoms with van der Waals surface area (Å²) in [5, 5.41) is 19.6. The van der Waals surface area contributed by atoms with Crippen LogP contribution < -0.4 is 4.90 Å². The third-order valence-electron chi connectivity index (χ3n) is 6.38. The van der Waals surface area contributed by atoms with Gasteiger partial charge in [-0.2, -0.15) is 0 Å². The first-order valence-corrected chi connectivity index (χ1v) is 11.1. The molecule has 1 aromatic rings. The number of amides is 2. The van der Waals surface area contributed by atoms with Crippen LogP contribution in [-0.2, 0) is 14.4 Å². The molecule has 3 fully saturated rings. The number of β-amino-alcohol motifs (C(OH)–C–C–N with tert-alkyl or cyclic N) is 1. The molecule has 9 heteroatoms. The van der Waals surface area contributed by atoms with Crippen LogP contribution in [0.4, 0.5) is 5.69 Å². The number of nitrogens with zero attached hydrogens (tertiary/aromatic N) is 2. The highest BCUT2D eigenvalue weighted by Gasteiger charge is 2.74. The molecule has 2 unspecified atom stereocenters. The summed E-state index contributed by atoms with van der Waals surface area (Å²) in [6.07, 6.45) is 2.82. The van der Waals surface area contributed by atoms with E-state index in [4.69, 9.17) is 11.6 Å². The van der Waals surface area contributed by atoms with Gasteiger partial charge in [0.1, 0.15) is 6.04 Å². The average molecular weight is 451 g/mol. The van der Waals surface area contributed by atoms with Crippen molar-refractivity contribution >= 4 is 46.8 Å². The number of anilines is 1. The Kier molecular flexibility index (Phi) is 5.59. The maximum atomic E-state index is 13.9. The zero-order valence-corrected chi connectivity index (χ0v) is 17.8. The highest BCUT2D eigenvalue weighted by Crippen LogP contribution is 2.66. The van der Waals surface area contributed by atoms with Crippen LogP contribution in [0.1, 0.15) is 12.8 Å². The van der Waals surface area contributed by atoms with Crippen LogP contribution in [0.5, 0.6) is 0 Å². The van der Waals surface area contributed by atoms with Crippen molar-refractivity contribution in [1.82, 2.24) is 4.90 Å². The van der Waals surface area contributed by atoms with Crippen molar-refractivity contribution in [3.63, 3.8) is 0 Å². The Morgan fingerprint density at radius 3 is 2.77 bits per heavy atom. The molecule has 160 valence electrons. The highest BCUT2D eigenvalue weighted by atomic mass is 35.5. The number of para-hydroxylation sites is 1. The van der Waals surface area contributed by atoms with Crippen LogP contribution in [0.3, 0.4) is 0 Å². The van der Waals surface area contributed by atoms with Crippen LogP contribution in [0.25, 0.3) is 0 Å². The monoisotopic (exact) mass is 450 g/mol. The van der Waals surface area contributed by atoms with Crippen molar-refractivity contribution < 1.29 is 24.6 Å². The van der Waals surface area contributed by atoms with Crippen molar-refractivity contribution in [2.75, 3.05) is 24.6 Å². The van der Waals surface area contributed by atoms with Crippen LogP contribution in [-0.4, -0.2) is 68.6 Å². The van der Waals surface area contributed by atoms with E-state index < -0.39 is 28.6 Å². The number of carboxylic acids is 1. The number of halogens is 1. The Morgan fingerprint density at radius 1 is 1.40 bits per heavy atom. The number of aliphatic hydroxyl groups excluding tert-OH is 1. The first kappa shape index (κ1) is 21.2. The van der Waals surface area contributed by atoms with E-state index in [0.29, 0.717) is 23.6 Å². The summed E-state index contributed by atoms with van der Waals surface area (Å²) in [5.41, 5.74) is 0.507. The molecule has 0 aromatic heterocycles. The number of carboxylic acid groups (broad SMARTS) is 1. The number of carbonyl (C=O) groups excluding carboxylic acids is 2. The maximum Gasteiger partial charge on any atom is 0.308 e. The third-order valence-corrected chi connectivity index (χ3v) is 8.65. The number of rotatable bonds is 7. The molecule has 0 saturated carbocycles. The van der Waals surface area contributed by atoms with Crippen molar-refractivity contribution in [3.8, 4) is 0 Å². The van der Waals surface area contributed by atoms with Crippen LogP contribution >= 0.6 is 23.4 Å². The second-order valence-electron chi connectivity index (χ2n) is 7.84. The number of aliphatic hydroxyl groups is 1. The van der Waals surface area contributed by atoms with Crippen LogP contribution in [0.2, 0.25) is 5.02 Å². The van der Waals surface area contributed by atoms with Gasteiger partial charge < -0.3 is 20.0 Å². The summed E-state index contributed by atoms with van der Waals surface area (Å²) >= 11 is 7.81. The molecule has 2 amide bonds. The molecule has 7 nitrogen and oxygen atoms in total. The molecule has 3 aliphatic rings. The molecule has 1 spiro atoms. The number of aliphatic carboxylic acids is 1. The summed E-state index contributed by atoms with van der Waals surface area (Å²) in [4.78, 5) is 42.0. The molecule has 3 aliphatic heterocycles. The minimum Gasteiger partial charge on any atom is -0.481 e. The van der Waals surface area contributed by atoms with E-state index in [1.807, 2.05) is 0 Å². The molecule has 4 rings (SSSR count). The van der Waals surface area contributed by atoms with Gasteiger partial charge in [-0.15, -0.1) is 18.3 Å². The highest BCUT2D eigenvalue weighted by molar-refractivity contribution is 8.02. The summed E-state index contributed by atoms with van der Waals surface area (Å²) in [6.45, 7) is 3.61. The molecule has 0 aliphatic carbocycles. The van der Waals surface area contributed by atoms with Gasteiger partial charge in [0.15, 0.2) is 0 Å². The first-order chi connectivity index (χ1) is 14.4. The topological polar surface area (TPSA) is 98.2 Å². The van der Waals surface area contributed by atoms with E-state index in [1.165, 1.54) is 21.6 Å². The van der Waals surface area contributed by atoms with Crippen molar-refractivity contribution in [1.29, 1.82) is 0 Å². The van der Waals surface area contributed by atoms with Gasteiger partial charge in [0.05, 0.1) is 33.9 Å². The van der Waals surface area contributed by atoms with E-state index in [9.17, 15) is 24.6 Å². The molecule has 5 atom stereocenters. The maximum absolute atomic E-state index is 13.9. The van der Waals surface area contributed by atoms with Crippen molar-refractivity contribution in [2.45, 2.75) is 28.9 Å². The smallest absolute Gasteiger partial charge is 0.308 e. The zero-order chi connectivity index (χ0) is 21.6. The lowest BCUT2D eigenvalue weighted by Crippen LogP contribution is -2.55. The van der Waals surface area contributed by atoms with Crippen LogP contribution in [0, 0.1) is 11.8 Å². The number of hydrogen-bond acceptors (Lipinski definition) is 5. The normalized spacial score (nSPS) is 31.7. The van der Waals surface area contributed by atoms with Gasteiger partial charge in [0.2, 0.25) is 5.91 Å². The summed E-state index contributed by atoms with van der Waals surface area (Å²) in [6, 6.07) is 6.08. The van der Waals surface area contributed by atoms with Crippen molar-refractivity contribution in [2.24, 2.45) is 11.8 Å². The summed E-state index contributed by atoms with van der Waals surface area (Å²) in [7, 11) is 0. The van der Waals surface area contributed by atoms with Gasteiger partial charge in [-0.1, -0.05) is 29.8 Å². The quantitative estimate of drug-likeness (QED) is 0.617. The second kappa shape index (κ2) is 7.90. The van der Waals surface area contributed by atoms with E-state index in [1.54, 1.807) is 30.3 Å². The predicted octanol–water partition coefficient (Wildman–Crippen LogP) is 2.03. The van der Waals surface area contributed by atoms with Gasteiger partial charge >= 0.3 is 5.97 Å². The Hall–Kier alpha value is -2.03. The summed E-state index contributed by atoms with van der Waals surface area (Å²) in [5.74, 6) is -3.27. The van der Waals surface area contributed by atoms with E-state index >= 15 is 0 Å². The Balaban J connectivity index is 1.79. The Labute approximate surface area is 183 Å². The van der Waals surface area contributed by atoms with Crippen LogP contribution in [0.15, 0.2) is 36.9 Å². The molecule has 0 radical (unpaired) electrons. The molecule has 2 N–H and O–H groups in total. The number of carbonyl (C=O) groups is 3. The fraction of sp³-hybridized carbons (Fsp3) is 0.476. The van der Waals surface area contributed by atoms with Gasteiger partial charge in [-0.3, -0.25) is 14.4 Å². The number of fused-ring (bicyclic) bond motifs is 1. The SMILES string of the molecule is C=CCN(C(=O)C1N(CCO)C(=O)[C@@H]2[C@@H](C(=O)O)[C@H]3CCC12S3)c1ccccc1Cl. The molecule has 30 heavy (non-hydrogen) atoms. The number of benzene rings is 1. The largest absolute Gasteiger partial charge is 0.481 e. The fourth-order valence-corrected chi connectivity index (χ4v) is 7.76. The molecule has 2 bridgehead atoms. The molecule has 3 heterocycles. The minimum absolute atomic E-state index is 0.0183. The Morgan fingerprint density at radius 2 is 2.13 bits per heavy atom. The number of likely N-dealkylation sites (tertiary alicyclic amines) is 1. The lowest BCUT2D eigenvalue weighted by Gasteiger charge is -2.37. The predicted molar refractivity (Wildman–Crippen MR) is 115 cm³/mol. The number of hydrogen-bond donors (Lipinski definition) is 2. The van der Waals surface area contributed by atoms with Gasteiger partial charge in [-0.25, -0.2) is 0 Å². The minimum atomic E-state index is -1.00. The number of thioether (sulfide) groups is 1. The molecular weight excluding hydrogens is 428 g/mol. The third kappa shape index (κ3) is 2.96. The average Bonchev–Trinajstić information content (AvgIpc) is 3.35. The van der Waals surface area contributed by atoms with Crippen molar-refractivity contribution in [3.05, 3.63) is 41.9 Å². The van der Waals surface area contributed by atoms with E-state index in [0.717, 1.165) is 0 Å². The lowest BCUT2D eigenvalue weighted by molar-refractivity contribution is -0.148. The molecule has 1 aromatic carbocycles. The standard InChI is InChI=1S/C21H23ClN2O5S/c1-2-9-23(13-6-4-3-5-12(13)22)19(27)17-21-8-7-14(30-21)15(20(28)29)16(21)18(26)24(17)10-11-25/h2-6,14-17,25H,1,7-11H2,(H,28,29)/t14-,15+,16+,17?,21?/m1/s1. The lowest BCUT2D eigenvalue weighted by atomic mass is 9.71. The van der Waals surface area contributed by atoms with E-state index in [2.05, 4.69) is 6.58 Å². The Bertz CT molecular complexity index is 911. The first-order valence-electron chi connectivity index (χ1n) is 9.86. The second-order valence-corrected chi connectivity index (χ2v) is 9.85. The molecule has 3 saturated heterocycles. The van der Waals surface area contributed by atoms with Gasteiger partial charge in [-0.05, 0) is 25.0 Å². The van der Waals surface area contributed by atoms with Gasteiger partial charge in [0, 0.05) is 18.3 Å². The molecular formula is C21H23ClN2O5S. The summed E-state index contributed by atoms with van der Waals surface area (Å²) < 4.78 is -0.808. The van der Waals surface area contributed by atoms with E-state index in [-0.39, 0.29) is 36.8 Å². The zero-order valence-electron chi connectivity index (χ0n) is 16.2.